The van der Waals surface area contributed by atoms with E-state index < -0.39 is 5.97 Å². The van der Waals surface area contributed by atoms with E-state index in [4.69, 9.17) is 9.15 Å². The van der Waals surface area contributed by atoms with E-state index in [0.29, 0.717) is 24.8 Å². The van der Waals surface area contributed by atoms with Crippen LogP contribution < -0.4 is 4.74 Å². The number of hydrogen-bond acceptors (Lipinski definition) is 5. The number of carboxylic acid groups (broad SMARTS) is 1. The highest BCUT2D eigenvalue weighted by Gasteiger charge is 2.34. The SMILES string of the molecule is COc1ccc2c(c1)CC(C(=O)N(C)Cc1ncco1)Cn1c-2c(C2CCCCC2)c2ccc(C(=O)O)cc21. The number of carbonyl (C=O) groups is 2. The Hall–Kier alpha value is -4.07. The van der Waals surface area contributed by atoms with E-state index in [9.17, 15) is 14.7 Å². The van der Waals surface area contributed by atoms with Crippen LogP contribution in [-0.4, -0.2) is 45.6 Å². The number of benzene rings is 2. The van der Waals surface area contributed by atoms with Crippen molar-refractivity contribution in [2.75, 3.05) is 14.2 Å². The molecule has 0 bridgehead atoms. The minimum absolute atomic E-state index is 0.00900. The van der Waals surface area contributed by atoms with E-state index in [1.807, 2.05) is 18.2 Å². The van der Waals surface area contributed by atoms with Gasteiger partial charge in [-0.25, -0.2) is 9.78 Å². The predicted octanol–water partition coefficient (Wildman–Crippen LogP) is 5.88. The standard InChI is InChI=1S/C31H33N3O5/c1-33(18-27-32-12-13-39-27)30(35)22-14-21-15-23(38-2)9-11-24(21)29-28(19-6-4-3-5-7-19)25-10-8-20(31(36)37)16-26(25)34(29)17-22/h8-13,15-16,19,22H,3-7,14,17-18H2,1-2H3,(H,36,37). The van der Waals surface area contributed by atoms with Crippen molar-refractivity contribution in [2.24, 2.45) is 5.92 Å². The van der Waals surface area contributed by atoms with Gasteiger partial charge in [0.25, 0.3) is 0 Å². The molecule has 1 unspecified atom stereocenters. The number of amides is 1. The Balaban J connectivity index is 1.54. The van der Waals surface area contributed by atoms with Crippen LogP contribution in [0.2, 0.25) is 0 Å². The van der Waals surface area contributed by atoms with E-state index in [-0.39, 0.29) is 23.9 Å². The highest BCUT2D eigenvalue weighted by molar-refractivity contribution is 5.99. The van der Waals surface area contributed by atoms with Crippen molar-refractivity contribution in [2.45, 2.75) is 57.5 Å². The molecule has 8 nitrogen and oxygen atoms in total. The summed E-state index contributed by atoms with van der Waals surface area (Å²) in [6.45, 7) is 0.733. The average Bonchev–Trinajstić information content (AvgIpc) is 3.54. The zero-order valence-corrected chi connectivity index (χ0v) is 22.4. The van der Waals surface area contributed by atoms with Crippen LogP contribution in [0.5, 0.6) is 5.75 Å². The lowest BCUT2D eigenvalue weighted by atomic mass is 9.81. The van der Waals surface area contributed by atoms with E-state index in [0.717, 1.165) is 46.3 Å². The van der Waals surface area contributed by atoms with E-state index in [1.165, 1.54) is 31.1 Å². The minimum Gasteiger partial charge on any atom is -0.497 e. The number of oxazole rings is 1. The molecule has 3 heterocycles. The zero-order chi connectivity index (χ0) is 27.1. The fourth-order valence-electron chi connectivity index (χ4n) is 6.53. The Labute approximate surface area is 227 Å². The average molecular weight is 528 g/mol. The van der Waals surface area contributed by atoms with Crippen LogP contribution in [-0.2, 0) is 24.3 Å². The summed E-state index contributed by atoms with van der Waals surface area (Å²) in [7, 11) is 3.43. The fraction of sp³-hybridized carbons (Fsp3) is 0.387. The first-order chi connectivity index (χ1) is 18.9. The first-order valence-corrected chi connectivity index (χ1v) is 13.6. The third-order valence-corrected chi connectivity index (χ3v) is 8.38. The number of aromatic nitrogens is 2. The number of carboxylic acids is 1. The second-order valence-corrected chi connectivity index (χ2v) is 10.8. The van der Waals surface area contributed by atoms with E-state index in [2.05, 4.69) is 15.6 Å². The molecule has 6 rings (SSSR count). The second kappa shape index (κ2) is 10.2. The molecule has 2 aromatic carbocycles. The molecule has 202 valence electrons. The molecule has 0 radical (unpaired) electrons. The molecular formula is C31H33N3O5. The number of ether oxygens (including phenoxy) is 1. The topological polar surface area (TPSA) is 97.8 Å². The molecule has 1 saturated carbocycles. The molecule has 0 spiro atoms. The lowest BCUT2D eigenvalue weighted by Crippen LogP contribution is -2.35. The number of carbonyl (C=O) groups excluding carboxylic acids is 1. The highest BCUT2D eigenvalue weighted by atomic mass is 16.5. The molecule has 1 aliphatic carbocycles. The maximum absolute atomic E-state index is 13.9. The van der Waals surface area contributed by atoms with Gasteiger partial charge in [0.2, 0.25) is 11.8 Å². The predicted molar refractivity (Wildman–Crippen MR) is 147 cm³/mol. The number of methoxy groups -OCH3 is 1. The van der Waals surface area contributed by atoms with Crippen LogP contribution in [0, 0.1) is 5.92 Å². The molecule has 0 saturated heterocycles. The van der Waals surface area contributed by atoms with Crippen molar-refractivity contribution in [3.63, 3.8) is 0 Å². The van der Waals surface area contributed by atoms with Crippen molar-refractivity contribution >= 4 is 22.8 Å². The Kier molecular flexibility index (Phi) is 6.62. The summed E-state index contributed by atoms with van der Waals surface area (Å²) in [5.41, 5.74) is 5.69. The lowest BCUT2D eigenvalue weighted by Gasteiger charge is -2.24. The van der Waals surface area contributed by atoms with Gasteiger partial charge in [-0.3, -0.25) is 4.79 Å². The number of rotatable bonds is 6. The van der Waals surface area contributed by atoms with Gasteiger partial charge in [0.05, 0.1) is 37.0 Å². The van der Waals surface area contributed by atoms with Gasteiger partial charge in [0.15, 0.2) is 0 Å². The number of aromatic carboxylic acids is 1. The molecule has 1 amide bonds. The molecule has 1 atom stereocenters. The Morgan fingerprint density at radius 1 is 1.15 bits per heavy atom. The van der Waals surface area contributed by atoms with Gasteiger partial charge >= 0.3 is 5.97 Å². The van der Waals surface area contributed by atoms with Crippen molar-refractivity contribution in [1.82, 2.24) is 14.5 Å². The maximum Gasteiger partial charge on any atom is 0.335 e. The molecule has 8 heteroatoms. The summed E-state index contributed by atoms with van der Waals surface area (Å²) < 4.78 is 13.2. The molecule has 2 aromatic heterocycles. The number of nitrogens with zero attached hydrogens (tertiary/aromatic N) is 3. The van der Waals surface area contributed by atoms with Crippen LogP contribution in [0.1, 0.15) is 65.4 Å². The van der Waals surface area contributed by atoms with Crippen LogP contribution in [0.15, 0.2) is 53.3 Å². The summed E-state index contributed by atoms with van der Waals surface area (Å²) in [5, 5.41) is 10.9. The molecule has 1 aliphatic heterocycles. The van der Waals surface area contributed by atoms with Crippen LogP contribution >= 0.6 is 0 Å². The summed E-state index contributed by atoms with van der Waals surface area (Å²) in [6.07, 6.45) is 9.47. The minimum atomic E-state index is -0.955. The first kappa shape index (κ1) is 25.2. The van der Waals surface area contributed by atoms with Gasteiger partial charge in [0, 0.05) is 30.1 Å². The van der Waals surface area contributed by atoms with Crippen LogP contribution in [0.25, 0.3) is 22.2 Å². The largest absolute Gasteiger partial charge is 0.497 e. The summed E-state index contributed by atoms with van der Waals surface area (Å²) in [4.78, 5) is 31.7. The molecule has 1 N–H and O–H groups in total. The molecule has 2 aliphatic rings. The van der Waals surface area contributed by atoms with Gasteiger partial charge in [-0.1, -0.05) is 25.3 Å². The van der Waals surface area contributed by atoms with Gasteiger partial charge in [-0.2, -0.15) is 0 Å². The van der Waals surface area contributed by atoms with Crippen molar-refractivity contribution < 1.29 is 23.8 Å². The van der Waals surface area contributed by atoms with Gasteiger partial charge in [-0.05, 0) is 66.6 Å². The Morgan fingerprint density at radius 2 is 1.97 bits per heavy atom. The zero-order valence-electron chi connectivity index (χ0n) is 22.4. The maximum atomic E-state index is 13.9. The first-order valence-electron chi connectivity index (χ1n) is 13.6. The van der Waals surface area contributed by atoms with E-state index in [1.54, 1.807) is 37.4 Å². The molecule has 39 heavy (non-hydrogen) atoms. The summed E-state index contributed by atoms with van der Waals surface area (Å²) in [5.74, 6) is 0.307. The summed E-state index contributed by atoms with van der Waals surface area (Å²) >= 11 is 0. The monoisotopic (exact) mass is 527 g/mol. The molecule has 4 aromatic rings. The normalized spacial score (nSPS) is 17.3. The smallest absolute Gasteiger partial charge is 0.335 e. The fourth-order valence-corrected chi connectivity index (χ4v) is 6.53. The van der Waals surface area contributed by atoms with Gasteiger partial charge < -0.3 is 23.7 Å². The number of fused-ring (bicyclic) bond motifs is 5. The van der Waals surface area contributed by atoms with Crippen molar-refractivity contribution in [3.05, 3.63) is 71.4 Å². The second-order valence-electron chi connectivity index (χ2n) is 10.8. The van der Waals surface area contributed by atoms with Crippen molar-refractivity contribution in [1.29, 1.82) is 0 Å². The molecular weight excluding hydrogens is 494 g/mol. The Morgan fingerprint density at radius 3 is 2.69 bits per heavy atom. The van der Waals surface area contributed by atoms with E-state index >= 15 is 0 Å². The lowest BCUT2D eigenvalue weighted by molar-refractivity contribution is -0.135. The third kappa shape index (κ3) is 4.58. The Bertz CT molecular complexity index is 1530. The van der Waals surface area contributed by atoms with Gasteiger partial charge in [-0.15, -0.1) is 0 Å². The highest BCUT2D eigenvalue weighted by Crippen LogP contribution is 2.47. The summed E-state index contributed by atoms with van der Waals surface area (Å²) in [6, 6.07) is 11.6. The van der Waals surface area contributed by atoms with Crippen LogP contribution in [0.4, 0.5) is 0 Å². The van der Waals surface area contributed by atoms with Gasteiger partial charge in [0.1, 0.15) is 12.0 Å². The third-order valence-electron chi connectivity index (χ3n) is 8.38. The van der Waals surface area contributed by atoms with Crippen molar-refractivity contribution in [3.8, 4) is 17.0 Å². The quantitative estimate of drug-likeness (QED) is 0.336. The van der Waals surface area contributed by atoms with Crippen LogP contribution in [0.3, 0.4) is 0 Å². The molecule has 1 fully saturated rings. The number of hydrogen-bond donors (Lipinski definition) is 1.